The second-order valence-corrected chi connectivity index (χ2v) is 4.47. The number of hydrogen-bond donors (Lipinski definition) is 2. The van der Waals surface area contributed by atoms with Crippen molar-refractivity contribution < 1.29 is 4.79 Å². The molecule has 12 heavy (non-hydrogen) atoms. The Morgan fingerprint density at radius 3 is 2.50 bits per heavy atom. The predicted molar refractivity (Wildman–Crippen MR) is 54.0 cm³/mol. The van der Waals surface area contributed by atoms with E-state index >= 15 is 0 Å². The van der Waals surface area contributed by atoms with Gasteiger partial charge in [-0.15, -0.1) is 11.8 Å². The van der Waals surface area contributed by atoms with Crippen LogP contribution in [0.25, 0.3) is 0 Å². The molecule has 0 rings (SSSR count). The van der Waals surface area contributed by atoms with Gasteiger partial charge in [0.25, 0.3) is 0 Å². The van der Waals surface area contributed by atoms with Gasteiger partial charge < -0.3 is 11.5 Å². The lowest BCUT2D eigenvalue weighted by Crippen LogP contribution is -2.27. The Hall–Kier alpha value is -0.220. The van der Waals surface area contributed by atoms with E-state index in [-0.39, 0.29) is 11.2 Å². The minimum absolute atomic E-state index is 0.0495. The first kappa shape index (κ1) is 11.8. The first-order valence-corrected chi connectivity index (χ1v) is 5.20. The van der Waals surface area contributed by atoms with E-state index < -0.39 is 0 Å². The molecule has 0 fully saturated rings. The summed E-state index contributed by atoms with van der Waals surface area (Å²) in [7, 11) is 0. The van der Waals surface area contributed by atoms with Crippen LogP contribution < -0.4 is 11.5 Å². The summed E-state index contributed by atoms with van der Waals surface area (Å²) >= 11 is 1.62. The van der Waals surface area contributed by atoms with E-state index in [0.717, 1.165) is 12.8 Å². The molecule has 0 aromatic carbocycles. The fourth-order valence-corrected chi connectivity index (χ4v) is 2.11. The molecule has 0 bridgehead atoms. The molecule has 0 spiro atoms. The summed E-state index contributed by atoms with van der Waals surface area (Å²) in [6.45, 7) is 4.71. The highest BCUT2D eigenvalue weighted by molar-refractivity contribution is 8.01. The maximum Gasteiger partial charge on any atom is 0.230 e. The lowest BCUT2D eigenvalue weighted by molar-refractivity contribution is -0.117. The summed E-state index contributed by atoms with van der Waals surface area (Å²) in [5, 5.41) is 0.374. The normalized spacial score (nSPS) is 15.6. The van der Waals surface area contributed by atoms with E-state index in [4.69, 9.17) is 11.5 Å². The quantitative estimate of drug-likeness (QED) is 0.648. The second-order valence-electron chi connectivity index (χ2n) is 2.82. The van der Waals surface area contributed by atoms with E-state index in [9.17, 15) is 4.79 Å². The SMILES string of the molecule is CCC(SC(C)CCN)C(N)=O. The molecule has 72 valence electrons. The van der Waals surface area contributed by atoms with Gasteiger partial charge in [-0.1, -0.05) is 13.8 Å². The van der Waals surface area contributed by atoms with E-state index in [2.05, 4.69) is 6.92 Å². The molecule has 4 N–H and O–H groups in total. The monoisotopic (exact) mass is 190 g/mol. The van der Waals surface area contributed by atoms with Gasteiger partial charge in [0, 0.05) is 5.25 Å². The van der Waals surface area contributed by atoms with Crippen LogP contribution in [0.3, 0.4) is 0 Å². The summed E-state index contributed by atoms with van der Waals surface area (Å²) in [5.74, 6) is -0.216. The van der Waals surface area contributed by atoms with Gasteiger partial charge in [0.1, 0.15) is 0 Å². The van der Waals surface area contributed by atoms with Crippen molar-refractivity contribution in [3.05, 3.63) is 0 Å². The van der Waals surface area contributed by atoms with Crippen molar-refractivity contribution in [2.45, 2.75) is 37.2 Å². The second kappa shape index (κ2) is 6.31. The van der Waals surface area contributed by atoms with Gasteiger partial charge in [0.2, 0.25) is 5.91 Å². The molecule has 3 nitrogen and oxygen atoms in total. The Morgan fingerprint density at radius 1 is 1.58 bits per heavy atom. The third kappa shape index (κ3) is 4.62. The Labute approximate surface area is 78.3 Å². The standard InChI is InChI=1S/C8H18N2OS/c1-3-7(8(10)11)12-6(2)4-5-9/h6-7H,3-5,9H2,1-2H3,(H2,10,11). The zero-order valence-electron chi connectivity index (χ0n) is 7.75. The Balaban J connectivity index is 3.77. The average molecular weight is 190 g/mol. The molecule has 0 heterocycles. The zero-order valence-corrected chi connectivity index (χ0v) is 8.56. The molecular weight excluding hydrogens is 172 g/mol. The van der Waals surface area contributed by atoms with Gasteiger partial charge in [0.15, 0.2) is 0 Å². The summed E-state index contributed by atoms with van der Waals surface area (Å²) in [6.07, 6.45) is 1.74. The van der Waals surface area contributed by atoms with Crippen LogP contribution in [-0.2, 0) is 4.79 Å². The van der Waals surface area contributed by atoms with Crippen molar-refractivity contribution in [2.75, 3.05) is 6.54 Å². The maximum atomic E-state index is 10.8. The number of amides is 1. The molecule has 0 radical (unpaired) electrons. The highest BCUT2D eigenvalue weighted by Gasteiger charge is 2.16. The van der Waals surface area contributed by atoms with Crippen molar-refractivity contribution >= 4 is 17.7 Å². The molecule has 1 amide bonds. The van der Waals surface area contributed by atoms with Crippen molar-refractivity contribution in [3.8, 4) is 0 Å². The van der Waals surface area contributed by atoms with Crippen molar-refractivity contribution in [1.29, 1.82) is 0 Å². The molecular formula is C8H18N2OS. The van der Waals surface area contributed by atoms with Crippen LogP contribution in [0.15, 0.2) is 0 Å². The zero-order chi connectivity index (χ0) is 9.56. The minimum atomic E-state index is -0.216. The molecule has 0 saturated carbocycles. The predicted octanol–water partition coefficient (Wildman–Crippen LogP) is 0.721. The number of primary amides is 1. The number of carbonyl (C=O) groups excluding carboxylic acids is 1. The molecule has 0 aromatic heterocycles. The number of carbonyl (C=O) groups is 1. The van der Waals surface area contributed by atoms with E-state index in [1.165, 1.54) is 0 Å². The molecule has 0 aliphatic heterocycles. The van der Waals surface area contributed by atoms with Gasteiger partial charge >= 0.3 is 0 Å². The molecule has 0 aliphatic rings. The summed E-state index contributed by atoms with van der Waals surface area (Å²) in [4.78, 5) is 10.8. The molecule has 2 unspecified atom stereocenters. The van der Waals surface area contributed by atoms with Gasteiger partial charge in [-0.2, -0.15) is 0 Å². The Kier molecular flexibility index (Phi) is 6.20. The van der Waals surface area contributed by atoms with Gasteiger partial charge in [-0.25, -0.2) is 0 Å². The Bertz CT molecular complexity index is 141. The number of rotatable bonds is 6. The van der Waals surface area contributed by atoms with Crippen LogP contribution >= 0.6 is 11.8 Å². The lowest BCUT2D eigenvalue weighted by Gasteiger charge is -2.15. The number of thioether (sulfide) groups is 1. The molecule has 0 aromatic rings. The smallest absolute Gasteiger partial charge is 0.230 e. The average Bonchev–Trinajstić information content (AvgIpc) is 2.00. The third-order valence-corrected chi connectivity index (χ3v) is 3.25. The maximum absolute atomic E-state index is 10.8. The van der Waals surface area contributed by atoms with Crippen molar-refractivity contribution in [1.82, 2.24) is 0 Å². The van der Waals surface area contributed by atoms with Crippen LogP contribution in [0.5, 0.6) is 0 Å². The first-order valence-electron chi connectivity index (χ1n) is 4.26. The van der Waals surface area contributed by atoms with Crippen LogP contribution in [-0.4, -0.2) is 23.0 Å². The molecule has 4 heteroatoms. The van der Waals surface area contributed by atoms with E-state index in [0.29, 0.717) is 11.8 Å². The third-order valence-electron chi connectivity index (χ3n) is 1.66. The van der Waals surface area contributed by atoms with Crippen molar-refractivity contribution in [3.63, 3.8) is 0 Å². The van der Waals surface area contributed by atoms with Gasteiger partial charge in [0.05, 0.1) is 5.25 Å². The molecule has 2 atom stereocenters. The first-order chi connectivity index (χ1) is 5.61. The van der Waals surface area contributed by atoms with E-state index in [1.54, 1.807) is 11.8 Å². The van der Waals surface area contributed by atoms with Crippen LogP contribution in [0.2, 0.25) is 0 Å². The summed E-state index contributed by atoms with van der Waals surface area (Å²) in [5.41, 5.74) is 10.6. The van der Waals surface area contributed by atoms with Crippen LogP contribution in [0.1, 0.15) is 26.7 Å². The summed E-state index contributed by atoms with van der Waals surface area (Å²) in [6, 6.07) is 0. The fraction of sp³-hybridized carbons (Fsp3) is 0.875. The van der Waals surface area contributed by atoms with E-state index in [1.807, 2.05) is 6.92 Å². The molecule has 0 aliphatic carbocycles. The highest BCUT2D eigenvalue weighted by atomic mass is 32.2. The number of nitrogens with two attached hydrogens (primary N) is 2. The largest absolute Gasteiger partial charge is 0.369 e. The van der Waals surface area contributed by atoms with Crippen LogP contribution in [0.4, 0.5) is 0 Å². The highest BCUT2D eigenvalue weighted by Crippen LogP contribution is 2.21. The molecule has 0 saturated heterocycles. The minimum Gasteiger partial charge on any atom is -0.369 e. The Morgan fingerprint density at radius 2 is 2.17 bits per heavy atom. The van der Waals surface area contributed by atoms with Gasteiger partial charge in [-0.3, -0.25) is 4.79 Å². The fourth-order valence-electron chi connectivity index (χ4n) is 0.948. The van der Waals surface area contributed by atoms with Crippen LogP contribution in [0, 0.1) is 0 Å². The van der Waals surface area contributed by atoms with Gasteiger partial charge in [-0.05, 0) is 19.4 Å². The number of hydrogen-bond acceptors (Lipinski definition) is 3. The lowest BCUT2D eigenvalue weighted by atomic mass is 10.3. The topological polar surface area (TPSA) is 69.1 Å². The summed E-state index contributed by atoms with van der Waals surface area (Å²) < 4.78 is 0. The van der Waals surface area contributed by atoms with Crippen molar-refractivity contribution in [2.24, 2.45) is 11.5 Å².